The lowest BCUT2D eigenvalue weighted by Gasteiger charge is -2.44. The Balaban J connectivity index is 1.82. The van der Waals surface area contributed by atoms with Gasteiger partial charge in [0.1, 0.15) is 5.82 Å². The van der Waals surface area contributed by atoms with Crippen LogP contribution in [0, 0.1) is 6.92 Å². The molecular formula is C13H22N6O3S. The maximum atomic E-state index is 12.3. The minimum Gasteiger partial charge on any atom is -0.331 e. The van der Waals surface area contributed by atoms with Crippen LogP contribution in [0.3, 0.4) is 0 Å². The van der Waals surface area contributed by atoms with Crippen molar-refractivity contribution in [2.75, 3.05) is 38.7 Å². The highest BCUT2D eigenvalue weighted by atomic mass is 32.2. The number of aromatic amines is 1. The molecule has 128 valence electrons. The first-order valence-corrected chi connectivity index (χ1v) is 9.39. The molecule has 0 unspecified atom stereocenters. The molecule has 2 amide bonds. The predicted molar refractivity (Wildman–Crippen MR) is 83.5 cm³/mol. The molecule has 2 aliphatic rings. The van der Waals surface area contributed by atoms with E-state index in [1.54, 1.807) is 19.0 Å². The van der Waals surface area contributed by atoms with Gasteiger partial charge in [-0.15, -0.1) is 0 Å². The fourth-order valence-electron chi connectivity index (χ4n) is 3.36. The van der Waals surface area contributed by atoms with E-state index in [2.05, 4.69) is 20.1 Å². The van der Waals surface area contributed by atoms with Crippen LogP contribution < -0.4 is 0 Å². The number of carbonyl (C=O) groups is 1. The fraction of sp³-hybridized carbons (Fsp3) is 0.769. The molecule has 9 nitrogen and oxygen atoms in total. The smallest absolute Gasteiger partial charge is 0.319 e. The number of hydrogen-bond acceptors (Lipinski definition) is 6. The van der Waals surface area contributed by atoms with Gasteiger partial charge in [-0.25, -0.2) is 18.2 Å². The van der Waals surface area contributed by atoms with Gasteiger partial charge in [0.15, 0.2) is 15.7 Å². The molecule has 1 N–H and O–H groups in total. The summed E-state index contributed by atoms with van der Waals surface area (Å²) in [5, 5.41) is 6.93. The summed E-state index contributed by atoms with van der Waals surface area (Å²) in [6.45, 7) is 3.44. The number of nitrogens with zero attached hydrogens (tertiary/aromatic N) is 5. The average Bonchev–Trinajstić information content (AvgIpc) is 3.00. The Morgan fingerprint density at radius 1 is 1.30 bits per heavy atom. The van der Waals surface area contributed by atoms with Gasteiger partial charge < -0.3 is 9.80 Å². The number of aryl methyl sites for hydroxylation is 1. The van der Waals surface area contributed by atoms with Gasteiger partial charge in [0.2, 0.25) is 0 Å². The predicted octanol–water partition coefficient (Wildman–Crippen LogP) is -0.922. The second-order valence-electron chi connectivity index (χ2n) is 6.39. The van der Waals surface area contributed by atoms with E-state index >= 15 is 0 Å². The largest absolute Gasteiger partial charge is 0.331 e. The number of sulfone groups is 1. The lowest BCUT2D eigenvalue weighted by molar-refractivity contribution is 0.0506. The molecule has 0 bridgehead atoms. The topological polar surface area (TPSA) is 102 Å². The molecule has 0 spiro atoms. The Morgan fingerprint density at radius 2 is 2.00 bits per heavy atom. The Bertz CT molecular complexity index is 700. The van der Waals surface area contributed by atoms with E-state index in [4.69, 9.17) is 0 Å². The van der Waals surface area contributed by atoms with E-state index in [0.717, 1.165) is 5.82 Å². The molecule has 0 radical (unpaired) electrons. The second-order valence-corrected chi connectivity index (χ2v) is 8.54. The Labute approximate surface area is 135 Å². The number of H-pyrrole nitrogens is 1. The van der Waals surface area contributed by atoms with Crippen LogP contribution in [0.5, 0.6) is 0 Å². The number of amides is 2. The summed E-state index contributed by atoms with van der Waals surface area (Å²) >= 11 is 0. The van der Waals surface area contributed by atoms with Crippen LogP contribution in [0.4, 0.5) is 4.79 Å². The van der Waals surface area contributed by atoms with Crippen LogP contribution in [-0.2, 0) is 16.4 Å². The third-order valence-electron chi connectivity index (χ3n) is 4.41. The zero-order valence-corrected chi connectivity index (χ0v) is 14.4. The second kappa shape index (κ2) is 5.75. The summed E-state index contributed by atoms with van der Waals surface area (Å²) in [5.74, 6) is 1.49. The van der Waals surface area contributed by atoms with Crippen molar-refractivity contribution in [3.05, 3.63) is 11.6 Å². The Morgan fingerprint density at radius 3 is 2.61 bits per heavy atom. The number of nitrogens with one attached hydrogen (secondary N) is 1. The van der Waals surface area contributed by atoms with Gasteiger partial charge in [-0.05, 0) is 6.92 Å². The van der Waals surface area contributed by atoms with Crippen molar-refractivity contribution < 1.29 is 13.2 Å². The third kappa shape index (κ3) is 3.18. The monoisotopic (exact) mass is 342 g/mol. The van der Waals surface area contributed by atoms with Crippen molar-refractivity contribution in [3.8, 4) is 0 Å². The normalized spacial score (nSPS) is 27.0. The van der Waals surface area contributed by atoms with Crippen LogP contribution in [0.2, 0.25) is 0 Å². The van der Waals surface area contributed by atoms with E-state index < -0.39 is 9.84 Å². The first kappa shape index (κ1) is 16.2. The molecule has 2 aliphatic heterocycles. The van der Waals surface area contributed by atoms with E-state index in [0.29, 0.717) is 25.5 Å². The quantitative estimate of drug-likeness (QED) is 0.745. The molecule has 23 heavy (non-hydrogen) atoms. The highest BCUT2D eigenvalue weighted by Gasteiger charge is 2.48. The zero-order chi connectivity index (χ0) is 16.8. The van der Waals surface area contributed by atoms with E-state index in [1.807, 2.05) is 6.92 Å². The summed E-state index contributed by atoms with van der Waals surface area (Å²) in [6, 6.07) is -0.634. The summed E-state index contributed by atoms with van der Waals surface area (Å²) < 4.78 is 24.2. The number of piperazine rings is 1. The van der Waals surface area contributed by atoms with Gasteiger partial charge in [0, 0.05) is 33.2 Å². The molecule has 10 heteroatoms. The van der Waals surface area contributed by atoms with Gasteiger partial charge in [-0.3, -0.25) is 10.00 Å². The molecule has 0 aliphatic carbocycles. The lowest BCUT2D eigenvalue weighted by atomic mass is 10.1. The number of aromatic nitrogens is 3. The molecule has 0 saturated carbocycles. The van der Waals surface area contributed by atoms with Crippen LogP contribution in [0.15, 0.2) is 0 Å². The van der Waals surface area contributed by atoms with Crippen LogP contribution in [0.1, 0.15) is 11.6 Å². The van der Waals surface area contributed by atoms with Gasteiger partial charge in [0.25, 0.3) is 0 Å². The summed E-state index contributed by atoms with van der Waals surface area (Å²) in [4.78, 5) is 21.9. The average molecular weight is 342 g/mol. The Kier molecular flexibility index (Phi) is 4.05. The van der Waals surface area contributed by atoms with Crippen LogP contribution in [-0.4, -0.2) is 95.1 Å². The number of hydrogen-bond donors (Lipinski definition) is 1. The molecule has 3 rings (SSSR count). The third-order valence-corrected chi connectivity index (χ3v) is 6.11. The molecule has 2 atom stereocenters. The van der Waals surface area contributed by atoms with Gasteiger partial charge in [0.05, 0.1) is 24.1 Å². The molecule has 1 aromatic heterocycles. The molecule has 2 saturated heterocycles. The summed E-state index contributed by atoms with van der Waals surface area (Å²) in [7, 11) is 0.225. The standard InChI is InChI=1S/C13H22N6O3S/c1-9-14-12(16-15-9)6-18-4-5-19(13(20)17(2)3)11-8-23(21,22)7-10(11)18/h10-11H,4-8H2,1-3H3,(H,14,15,16)/t10-,11+/m1/s1. The first-order chi connectivity index (χ1) is 10.8. The fourth-order valence-corrected chi connectivity index (χ4v) is 5.37. The van der Waals surface area contributed by atoms with Gasteiger partial charge >= 0.3 is 6.03 Å². The number of urea groups is 1. The van der Waals surface area contributed by atoms with E-state index in [1.165, 1.54) is 4.90 Å². The first-order valence-electron chi connectivity index (χ1n) is 7.57. The highest BCUT2D eigenvalue weighted by Crippen LogP contribution is 2.28. The van der Waals surface area contributed by atoms with Crippen molar-refractivity contribution in [1.29, 1.82) is 0 Å². The van der Waals surface area contributed by atoms with Gasteiger partial charge in [-0.1, -0.05) is 0 Å². The molecule has 1 aromatic rings. The minimum absolute atomic E-state index is 0.0285. The molecule has 0 aromatic carbocycles. The number of rotatable bonds is 2. The molecular weight excluding hydrogens is 320 g/mol. The van der Waals surface area contributed by atoms with Crippen molar-refractivity contribution in [1.82, 2.24) is 29.9 Å². The van der Waals surface area contributed by atoms with Crippen LogP contribution >= 0.6 is 0 Å². The SMILES string of the molecule is Cc1nc(CN2CCN(C(=O)N(C)C)[C@H]3CS(=O)(=O)C[C@H]32)n[nH]1. The summed E-state index contributed by atoms with van der Waals surface area (Å²) in [5.41, 5.74) is 0. The summed E-state index contributed by atoms with van der Waals surface area (Å²) in [6.07, 6.45) is 0. The maximum absolute atomic E-state index is 12.3. The molecule has 2 fully saturated rings. The van der Waals surface area contributed by atoms with Crippen molar-refractivity contribution in [3.63, 3.8) is 0 Å². The van der Waals surface area contributed by atoms with Crippen LogP contribution in [0.25, 0.3) is 0 Å². The lowest BCUT2D eigenvalue weighted by Crippen LogP contribution is -2.61. The minimum atomic E-state index is -3.14. The maximum Gasteiger partial charge on any atom is 0.319 e. The van der Waals surface area contributed by atoms with Crippen molar-refractivity contribution in [2.45, 2.75) is 25.6 Å². The Hall–Kier alpha value is -1.68. The highest BCUT2D eigenvalue weighted by molar-refractivity contribution is 7.91. The molecule has 3 heterocycles. The van der Waals surface area contributed by atoms with Crippen molar-refractivity contribution in [2.24, 2.45) is 0 Å². The number of fused-ring (bicyclic) bond motifs is 1. The van der Waals surface area contributed by atoms with E-state index in [9.17, 15) is 13.2 Å². The zero-order valence-electron chi connectivity index (χ0n) is 13.6. The number of carbonyl (C=O) groups excluding carboxylic acids is 1. The van der Waals surface area contributed by atoms with Gasteiger partial charge in [-0.2, -0.15) is 5.10 Å². The van der Waals surface area contributed by atoms with Crippen molar-refractivity contribution >= 4 is 15.9 Å². The van der Waals surface area contributed by atoms with E-state index in [-0.39, 0.29) is 29.6 Å².